The zero-order chi connectivity index (χ0) is 23.8. The number of pyridine rings is 1. The second-order valence-corrected chi connectivity index (χ2v) is 10.4. The van der Waals surface area contributed by atoms with Crippen LogP contribution in [0, 0.1) is 11.3 Å². The summed E-state index contributed by atoms with van der Waals surface area (Å²) in [5, 5.41) is 3.76. The average Bonchev–Trinajstić information content (AvgIpc) is 3.23. The molecular formula is C25H37F2N3O3. The highest BCUT2D eigenvalue weighted by molar-refractivity contribution is 5.83. The molecule has 3 aliphatic rings. The molecular weight excluding hydrogens is 428 g/mol. The van der Waals surface area contributed by atoms with Crippen LogP contribution in [-0.4, -0.2) is 60.8 Å². The van der Waals surface area contributed by atoms with Crippen molar-refractivity contribution in [2.24, 2.45) is 11.3 Å². The summed E-state index contributed by atoms with van der Waals surface area (Å²) >= 11 is 0. The highest BCUT2D eigenvalue weighted by Crippen LogP contribution is 2.47. The van der Waals surface area contributed by atoms with Crippen molar-refractivity contribution in [1.29, 1.82) is 0 Å². The number of ether oxygens (including phenoxy) is 2. The molecule has 1 N–H and O–H groups in total. The maximum Gasteiger partial charge on any atom is 0.272 e. The molecule has 33 heavy (non-hydrogen) atoms. The summed E-state index contributed by atoms with van der Waals surface area (Å²) in [6.07, 6.45) is 5.35. The minimum absolute atomic E-state index is 0.0282. The first-order chi connectivity index (χ1) is 15.6. The smallest absolute Gasteiger partial charge is 0.272 e. The topological polar surface area (TPSA) is 63.7 Å². The van der Waals surface area contributed by atoms with Crippen molar-refractivity contribution in [2.75, 3.05) is 26.9 Å². The lowest BCUT2D eigenvalue weighted by molar-refractivity contribution is -0.146. The van der Waals surface area contributed by atoms with Crippen LogP contribution in [0.25, 0.3) is 0 Å². The number of halogens is 2. The van der Waals surface area contributed by atoms with Gasteiger partial charge >= 0.3 is 0 Å². The van der Waals surface area contributed by atoms with Gasteiger partial charge in [-0.25, -0.2) is 8.78 Å². The number of nitrogens with zero attached hydrogens (tertiary/aromatic N) is 2. The van der Waals surface area contributed by atoms with Crippen LogP contribution in [0.2, 0.25) is 0 Å². The van der Waals surface area contributed by atoms with Crippen LogP contribution >= 0.6 is 0 Å². The Kier molecular flexibility index (Phi) is 7.08. The van der Waals surface area contributed by atoms with Crippen LogP contribution in [-0.2, 0) is 33.2 Å². The third-order valence-corrected chi connectivity index (χ3v) is 7.97. The number of rotatable bonds is 6. The van der Waals surface area contributed by atoms with Gasteiger partial charge < -0.3 is 19.7 Å². The van der Waals surface area contributed by atoms with E-state index in [4.69, 9.17) is 9.47 Å². The van der Waals surface area contributed by atoms with E-state index in [9.17, 15) is 13.6 Å². The van der Waals surface area contributed by atoms with E-state index in [1.165, 1.54) is 12.3 Å². The fraction of sp³-hybridized carbons (Fsp3) is 0.760. The number of alkyl halides is 2. The molecule has 1 aromatic rings. The molecule has 0 bridgehead atoms. The molecule has 1 aliphatic carbocycles. The maximum atomic E-state index is 13.9. The number of fused-ring (bicyclic) bond motifs is 1. The SMILES string of the molecule is COC1COCCC1NC1CCC(C(=O)N2CCc3ncc(C(C)(F)F)cc3C2)(C(C)C)C1. The van der Waals surface area contributed by atoms with Crippen molar-refractivity contribution in [2.45, 2.75) is 83.5 Å². The van der Waals surface area contributed by atoms with Crippen molar-refractivity contribution in [3.63, 3.8) is 0 Å². The van der Waals surface area contributed by atoms with Gasteiger partial charge in [0, 0.05) is 69.7 Å². The maximum absolute atomic E-state index is 13.9. The van der Waals surface area contributed by atoms with Crippen LogP contribution in [0.5, 0.6) is 0 Å². The van der Waals surface area contributed by atoms with Crippen LogP contribution in [0.3, 0.4) is 0 Å². The van der Waals surface area contributed by atoms with Crippen molar-refractivity contribution in [3.8, 4) is 0 Å². The Labute approximate surface area is 195 Å². The van der Waals surface area contributed by atoms with Crippen molar-refractivity contribution in [3.05, 3.63) is 29.1 Å². The lowest BCUT2D eigenvalue weighted by Crippen LogP contribution is -2.52. The first-order valence-electron chi connectivity index (χ1n) is 12.2. The monoisotopic (exact) mass is 465 g/mol. The number of nitrogens with one attached hydrogen (secondary N) is 1. The van der Waals surface area contributed by atoms with Gasteiger partial charge in [-0.2, -0.15) is 0 Å². The number of carbonyl (C=O) groups is 1. The summed E-state index contributed by atoms with van der Waals surface area (Å²) in [4.78, 5) is 20.0. The zero-order valence-corrected chi connectivity index (χ0v) is 20.2. The van der Waals surface area contributed by atoms with E-state index in [-0.39, 0.29) is 35.6 Å². The standard InChI is InChI=1S/C25H37F2N3O3/c1-16(2)25(8-5-19(12-25)29-21-7-10-33-15-22(21)32-4)23(31)30-9-6-20-17(14-30)11-18(13-28-20)24(3,26)27/h11,13,16,19,21-22,29H,5-10,12,14-15H2,1-4H3. The van der Waals surface area contributed by atoms with E-state index < -0.39 is 11.3 Å². The summed E-state index contributed by atoms with van der Waals surface area (Å²) in [5.74, 6) is -2.60. The van der Waals surface area contributed by atoms with E-state index >= 15 is 0 Å². The van der Waals surface area contributed by atoms with Crippen molar-refractivity contribution < 1.29 is 23.0 Å². The Hall–Kier alpha value is -1.64. The highest BCUT2D eigenvalue weighted by atomic mass is 19.3. The quantitative estimate of drug-likeness (QED) is 0.695. The lowest BCUT2D eigenvalue weighted by Gasteiger charge is -2.40. The summed E-state index contributed by atoms with van der Waals surface area (Å²) in [6.45, 7) is 7.38. The molecule has 1 saturated carbocycles. The largest absolute Gasteiger partial charge is 0.379 e. The Morgan fingerprint density at radius 2 is 2.18 bits per heavy atom. The van der Waals surface area contributed by atoms with Crippen LogP contribution in [0.4, 0.5) is 8.78 Å². The van der Waals surface area contributed by atoms with Crippen LogP contribution in [0.1, 0.15) is 63.3 Å². The molecule has 0 spiro atoms. The normalized spacial score (nSPS) is 30.5. The van der Waals surface area contributed by atoms with Gasteiger partial charge in [0.1, 0.15) is 0 Å². The Morgan fingerprint density at radius 1 is 1.39 bits per heavy atom. The fourth-order valence-corrected chi connectivity index (χ4v) is 5.78. The first kappa shape index (κ1) is 24.5. The molecule has 0 radical (unpaired) electrons. The molecule has 1 aromatic heterocycles. The second-order valence-electron chi connectivity index (χ2n) is 10.4. The number of methoxy groups -OCH3 is 1. The fourth-order valence-electron chi connectivity index (χ4n) is 5.78. The molecule has 3 heterocycles. The zero-order valence-electron chi connectivity index (χ0n) is 20.2. The van der Waals surface area contributed by atoms with Gasteiger partial charge in [0.25, 0.3) is 5.92 Å². The van der Waals surface area contributed by atoms with Crippen LogP contribution < -0.4 is 5.32 Å². The lowest BCUT2D eigenvalue weighted by atomic mass is 9.74. The molecule has 2 fully saturated rings. The number of amides is 1. The van der Waals surface area contributed by atoms with Crippen molar-refractivity contribution >= 4 is 5.91 Å². The third kappa shape index (κ3) is 4.93. The number of hydrogen-bond donors (Lipinski definition) is 1. The average molecular weight is 466 g/mol. The van der Waals surface area contributed by atoms with E-state index in [2.05, 4.69) is 24.1 Å². The van der Waals surface area contributed by atoms with Gasteiger partial charge in [-0.15, -0.1) is 0 Å². The van der Waals surface area contributed by atoms with E-state index in [0.29, 0.717) is 26.1 Å². The van der Waals surface area contributed by atoms with Gasteiger partial charge in [-0.05, 0) is 43.2 Å². The molecule has 4 atom stereocenters. The summed E-state index contributed by atoms with van der Waals surface area (Å²) in [5.41, 5.74) is 1.03. The molecule has 0 aromatic carbocycles. The van der Waals surface area contributed by atoms with E-state index in [1.54, 1.807) is 7.11 Å². The number of hydrogen-bond acceptors (Lipinski definition) is 5. The van der Waals surface area contributed by atoms with Crippen molar-refractivity contribution in [1.82, 2.24) is 15.2 Å². The number of aromatic nitrogens is 1. The number of carbonyl (C=O) groups excluding carboxylic acids is 1. The van der Waals surface area contributed by atoms with Gasteiger partial charge in [0.2, 0.25) is 5.91 Å². The van der Waals surface area contributed by atoms with Gasteiger partial charge in [0.15, 0.2) is 0 Å². The summed E-state index contributed by atoms with van der Waals surface area (Å²) in [7, 11) is 1.72. The van der Waals surface area contributed by atoms with Gasteiger partial charge in [-0.3, -0.25) is 9.78 Å². The predicted octanol–water partition coefficient (Wildman–Crippen LogP) is 3.67. The molecule has 1 saturated heterocycles. The minimum atomic E-state index is -2.94. The Bertz CT molecular complexity index is 860. The molecule has 8 heteroatoms. The van der Waals surface area contributed by atoms with Crippen LogP contribution in [0.15, 0.2) is 12.3 Å². The van der Waals surface area contributed by atoms with Gasteiger partial charge in [0.05, 0.1) is 18.1 Å². The highest BCUT2D eigenvalue weighted by Gasteiger charge is 2.50. The van der Waals surface area contributed by atoms with E-state index in [1.807, 2.05) is 4.90 Å². The molecule has 184 valence electrons. The van der Waals surface area contributed by atoms with Gasteiger partial charge in [-0.1, -0.05) is 13.8 Å². The minimum Gasteiger partial charge on any atom is -0.379 e. The van der Waals surface area contributed by atoms with E-state index in [0.717, 1.165) is 50.5 Å². The third-order valence-electron chi connectivity index (χ3n) is 7.97. The first-order valence-corrected chi connectivity index (χ1v) is 12.2. The second kappa shape index (κ2) is 9.55. The summed E-state index contributed by atoms with van der Waals surface area (Å²) < 4.78 is 38.8. The molecule has 4 rings (SSSR count). The molecule has 1 amide bonds. The summed E-state index contributed by atoms with van der Waals surface area (Å²) in [6, 6.07) is 2.01. The molecule has 2 aliphatic heterocycles. The Balaban J connectivity index is 1.48. The molecule has 4 unspecified atom stereocenters. The predicted molar refractivity (Wildman–Crippen MR) is 121 cm³/mol. The molecule has 6 nitrogen and oxygen atoms in total. The Morgan fingerprint density at radius 3 is 2.88 bits per heavy atom.